The van der Waals surface area contributed by atoms with Gasteiger partial charge in [0.25, 0.3) is 0 Å². The van der Waals surface area contributed by atoms with Crippen molar-refractivity contribution in [2.45, 2.75) is 12.8 Å². The molecule has 0 unspecified atom stereocenters. The van der Waals surface area contributed by atoms with Crippen LogP contribution >= 0.6 is 28.3 Å². The summed E-state index contributed by atoms with van der Waals surface area (Å²) >= 11 is 3.21. The van der Waals surface area contributed by atoms with Crippen molar-refractivity contribution in [2.75, 3.05) is 19.6 Å². The lowest BCUT2D eigenvalue weighted by Gasteiger charge is -2.21. The van der Waals surface area contributed by atoms with E-state index in [4.69, 9.17) is 0 Å². The van der Waals surface area contributed by atoms with Crippen molar-refractivity contribution >= 4 is 34.2 Å². The number of rotatable bonds is 3. The summed E-state index contributed by atoms with van der Waals surface area (Å²) in [5.41, 5.74) is 0. The number of nitrogens with one attached hydrogen (secondary N) is 2. The van der Waals surface area contributed by atoms with Gasteiger partial charge in [0, 0.05) is 16.9 Å². The fraction of sp³-hybridized carbons (Fsp3) is 0.667. The maximum absolute atomic E-state index is 11.5. The molecule has 0 spiro atoms. The van der Waals surface area contributed by atoms with Crippen LogP contribution in [0.2, 0.25) is 0 Å². The summed E-state index contributed by atoms with van der Waals surface area (Å²) in [7, 11) is 0. The Morgan fingerprint density at radius 2 is 2.07 bits per heavy atom. The van der Waals surface area contributed by atoms with Crippen molar-refractivity contribution in [1.29, 1.82) is 0 Å². The van der Waals surface area contributed by atoms with E-state index < -0.39 is 0 Å². The summed E-state index contributed by atoms with van der Waals surface area (Å²) in [6.07, 6.45) is 1.89. The minimum absolute atomic E-state index is 0. The molecule has 0 saturated carbocycles. The average Bonchev–Trinajstić information content (AvgIpc) is 2.15. The van der Waals surface area contributed by atoms with Crippen LogP contribution in [0.4, 0.5) is 0 Å². The van der Waals surface area contributed by atoms with Gasteiger partial charge in [-0.05, 0) is 25.9 Å². The van der Waals surface area contributed by atoms with Crippen LogP contribution in [0.15, 0.2) is 11.1 Å². The molecule has 1 heterocycles. The highest BCUT2D eigenvalue weighted by Crippen LogP contribution is 2.11. The summed E-state index contributed by atoms with van der Waals surface area (Å²) in [4.78, 5) is 11.5. The van der Waals surface area contributed by atoms with Crippen molar-refractivity contribution < 1.29 is 4.79 Å². The minimum atomic E-state index is 0. The summed E-state index contributed by atoms with van der Waals surface area (Å²) in [6, 6.07) is 0. The van der Waals surface area contributed by atoms with E-state index in [1.54, 1.807) is 0 Å². The van der Waals surface area contributed by atoms with Crippen LogP contribution in [0, 0.1) is 5.92 Å². The zero-order valence-electron chi connectivity index (χ0n) is 8.01. The monoisotopic (exact) mass is 282 g/mol. The first-order valence-electron chi connectivity index (χ1n) is 4.52. The van der Waals surface area contributed by atoms with Crippen molar-refractivity contribution in [3.63, 3.8) is 0 Å². The van der Waals surface area contributed by atoms with E-state index in [1.807, 2.05) is 0 Å². The van der Waals surface area contributed by atoms with E-state index in [-0.39, 0.29) is 24.2 Å². The molecular weight excluding hydrogens is 267 g/mol. The van der Waals surface area contributed by atoms with Gasteiger partial charge in [0.1, 0.15) is 0 Å². The molecule has 82 valence electrons. The van der Waals surface area contributed by atoms with E-state index in [9.17, 15) is 4.79 Å². The van der Waals surface area contributed by atoms with Crippen molar-refractivity contribution in [2.24, 2.45) is 5.92 Å². The fourth-order valence-corrected chi connectivity index (χ4v) is 1.55. The van der Waals surface area contributed by atoms with Gasteiger partial charge in [-0.3, -0.25) is 4.79 Å². The average molecular weight is 284 g/mol. The molecule has 1 aliphatic rings. The minimum Gasteiger partial charge on any atom is -0.351 e. The Labute approximate surface area is 99.2 Å². The van der Waals surface area contributed by atoms with Crippen molar-refractivity contribution in [1.82, 2.24) is 10.6 Å². The molecule has 0 atom stereocenters. The molecule has 0 bridgehead atoms. The molecule has 1 aliphatic heterocycles. The number of hydrogen-bond acceptors (Lipinski definition) is 2. The second kappa shape index (κ2) is 7.26. The van der Waals surface area contributed by atoms with E-state index >= 15 is 0 Å². The number of halogens is 2. The molecule has 14 heavy (non-hydrogen) atoms. The second-order valence-electron chi connectivity index (χ2n) is 3.26. The Kier molecular flexibility index (Phi) is 7.23. The number of hydrogen-bond donors (Lipinski definition) is 2. The Hall–Kier alpha value is -0.0600. The Morgan fingerprint density at radius 1 is 1.50 bits per heavy atom. The Balaban J connectivity index is 0.00000169. The molecule has 1 rings (SSSR count). The molecule has 0 aliphatic carbocycles. The van der Waals surface area contributed by atoms with Crippen LogP contribution in [-0.2, 0) is 4.79 Å². The van der Waals surface area contributed by atoms with Gasteiger partial charge in [0.15, 0.2) is 0 Å². The Bertz CT molecular complexity index is 205. The van der Waals surface area contributed by atoms with Crippen molar-refractivity contribution in [3.8, 4) is 0 Å². The quantitative estimate of drug-likeness (QED) is 0.823. The van der Waals surface area contributed by atoms with Gasteiger partial charge in [-0.2, -0.15) is 0 Å². The van der Waals surface area contributed by atoms with Gasteiger partial charge in [-0.15, -0.1) is 12.4 Å². The number of amides is 1. The summed E-state index contributed by atoms with van der Waals surface area (Å²) < 4.78 is 0.815. The molecule has 1 fully saturated rings. The van der Waals surface area contributed by atoms with Crippen LogP contribution < -0.4 is 10.6 Å². The van der Waals surface area contributed by atoms with Crippen LogP contribution in [0.1, 0.15) is 12.8 Å². The van der Waals surface area contributed by atoms with Gasteiger partial charge < -0.3 is 10.6 Å². The lowest BCUT2D eigenvalue weighted by Crippen LogP contribution is -2.38. The molecule has 1 saturated heterocycles. The highest BCUT2D eigenvalue weighted by molar-refractivity contribution is 9.11. The van der Waals surface area contributed by atoms with E-state index in [1.165, 1.54) is 0 Å². The van der Waals surface area contributed by atoms with Crippen LogP contribution in [0.5, 0.6) is 0 Å². The van der Waals surface area contributed by atoms with E-state index in [0.717, 1.165) is 30.4 Å². The third-order valence-electron chi connectivity index (χ3n) is 2.16. The third kappa shape index (κ3) is 4.98. The zero-order chi connectivity index (χ0) is 9.68. The maximum atomic E-state index is 11.5. The van der Waals surface area contributed by atoms with Gasteiger partial charge in [0.05, 0.1) is 0 Å². The summed E-state index contributed by atoms with van der Waals surface area (Å²) in [6.45, 7) is 6.10. The third-order valence-corrected chi connectivity index (χ3v) is 2.44. The predicted octanol–water partition coefficient (Wildman–Crippen LogP) is 1.43. The van der Waals surface area contributed by atoms with Gasteiger partial charge in [-0.25, -0.2) is 0 Å². The summed E-state index contributed by atoms with van der Waals surface area (Å²) in [5, 5.41) is 6.07. The molecule has 0 radical (unpaired) electrons. The molecule has 0 aromatic carbocycles. The van der Waals surface area contributed by atoms with Crippen LogP contribution in [0.25, 0.3) is 0 Å². The van der Waals surface area contributed by atoms with Crippen LogP contribution in [0.3, 0.4) is 0 Å². The largest absolute Gasteiger partial charge is 0.351 e. The van der Waals surface area contributed by atoms with Crippen molar-refractivity contribution in [3.05, 3.63) is 11.1 Å². The van der Waals surface area contributed by atoms with Gasteiger partial charge in [0.2, 0.25) is 5.91 Å². The molecule has 0 aromatic heterocycles. The highest BCUT2D eigenvalue weighted by Gasteiger charge is 2.19. The first-order valence-corrected chi connectivity index (χ1v) is 5.31. The molecule has 0 aromatic rings. The maximum Gasteiger partial charge on any atom is 0.223 e. The summed E-state index contributed by atoms with van der Waals surface area (Å²) in [5.74, 6) is 0.343. The first-order chi connectivity index (χ1) is 6.20. The number of carbonyl (C=O) groups excluding carboxylic acids is 1. The molecular formula is C9H16BrClN2O. The first kappa shape index (κ1) is 13.9. The molecule has 1 amide bonds. The van der Waals surface area contributed by atoms with E-state index in [2.05, 4.69) is 33.1 Å². The smallest absolute Gasteiger partial charge is 0.223 e. The number of piperidine rings is 1. The predicted molar refractivity (Wildman–Crippen MR) is 63.9 cm³/mol. The number of carbonyl (C=O) groups is 1. The fourth-order valence-electron chi connectivity index (χ4n) is 1.41. The topological polar surface area (TPSA) is 41.1 Å². The molecule has 3 nitrogen and oxygen atoms in total. The SMILES string of the molecule is C=C(Br)CNC(=O)C1CCNCC1.Cl. The molecule has 5 heteroatoms. The van der Waals surface area contributed by atoms with Gasteiger partial charge >= 0.3 is 0 Å². The van der Waals surface area contributed by atoms with Gasteiger partial charge in [-0.1, -0.05) is 22.5 Å². The lowest BCUT2D eigenvalue weighted by molar-refractivity contribution is -0.125. The Morgan fingerprint density at radius 3 is 2.57 bits per heavy atom. The second-order valence-corrected chi connectivity index (χ2v) is 4.38. The molecule has 2 N–H and O–H groups in total. The highest BCUT2D eigenvalue weighted by atomic mass is 79.9. The normalized spacial score (nSPS) is 16.9. The van der Waals surface area contributed by atoms with E-state index in [0.29, 0.717) is 6.54 Å². The standard InChI is InChI=1S/C9H15BrN2O.ClH/c1-7(10)6-12-9(13)8-2-4-11-5-3-8;/h8,11H,1-6H2,(H,12,13);1H. The van der Waals surface area contributed by atoms with Crippen LogP contribution in [-0.4, -0.2) is 25.5 Å². The zero-order valence-corrected chi connectivity index (χ0v) is 10.4. The lowest BCUT2D eigenvalue weighted by atomic mass is 9.97.